The van der Waals surface area contributed by atoms with Gasteiger partial charge in [0.2, 0.25) is 0 Å². The second kappa shape index (κ2) is 7.46. The molecule has 1 aromatic carbocycles. The summed E-state index contributed by atoms with van der Waals surface area (Å²) < 4.78 is 0. The molecule has 1 fully saturated rings. The number of hydrogen-bond donors (Lipinski definition) is 2. The first-order valence-electron chi connectivity index (χ1n) is 7.39. The van der Waals surface area contributed by atoms with Gasteiger partial charge < -0.3 is 5.32 Å². The van der Waals surface area contributed by atoms with Gasteiger partial charge in [0.1, 0.15) is 0 Å². The first-order chi connectivity index (χ1) is 10.1. The van der Waals surface area contributed by atoms with Crippen molar-refractivity contribution in [2.24, 2.45) is 11.0 Å². The Kier molecular flexibility index (Phi) is 5.62. The van der Waals surface area contributed by atoms with Crippen LogP contribution in [0.3, 0.4) is 0 Å². The van der Waals surface area contributed by atoms with Crippen LogP contribution in [0.25, 0.3) is 0 Å². The van der Waals surface area contributed by atoms with Crippen LogP contribution in [-0.4, -0.2) is 18.2 Å². The molecule has 1 aliphatic rings. The summed E-state index contributed by atoms with van der Waals surface area (Å²) in [5.74, 6) is 0.529. The van der Waals surface area contributed by atoms with Crippen LogP contribution >= 0.6 is 11.6 Å². The summed E-state index contributed by atoms with van der Waals surface area (Å²) in [6, 6.07) is 5.60. The van der Waals surface area contributed by atoms with Crippen LogP contribution in [0, 0.1) is 12.8 Å². The van der Waals surface area contributed by atoms with E-state index in [1.54, 1.807) is 0 Å². The van der Waals surface area contributed by atoms with Crippen LogP contribution in [0.1, 0.15) is 38.2 Å². The Labute approximate surface area is 131 Å². The molecule has 4 nitrogen and oxygen atoms in total. The van der Waals surface area contributed by atoms with Crippen LogP contribution in [0.2, 0.25) is 5.02 Å². The third-order valence-electron chi connectivity index (χ3n) is 3.79. The minimum atomic E-state index is -0.139. The lowest BCUT2D eigenvalue weighted by molar-refractivity contribution is -0.119. The fourth-order valence-electron chi connectivity index (χ4n) is 2.52. The Balaban J connectivity index is 1.82. The quantitative estimate of drug-likeness (QED) is 0.833. The fourth-order valence-corrected chi connectivity index (χ4v) is 2.69. The molecule has 2 N–H and O–H groups in total. The molecular weight excluding hydrogens is 286 g/mol. The lowest BCUT2D eigenvalue weighted by Crippen LogP contribution is -2.28. The molecule has 1 saturated carbocycles. The van der Waals surface area contributed by atoms with E-state index >= 15 is 0 Å². The van der Waals surface area contributed by atoms with Crippen molar-refractivity contribution < 1.29 is 4.79 Å². The van der Waals surface area contributed by atoms with Gasteiger partial charge in [-0.2, -0.15) is 5.10 Å². The molecule has 0 saturated heterocycles. The molecule has 1 aromatic rings. The zero-order chi connectivity index (χ0) is 15.2. The number of nitrogens with one attached hydrogen (secondary N) is 2. The van der Waals surface area contributed by atoms with Crippen molar-refractivity contribution in [2.45, 2.75) is 39.5 Å². The summed E-state index contributed by atoms with van der Waals surface area (Å²) in [5, 5.41) is 8.01. The Morgan fingerprint density at radius 3 is 3.05 bits per heavy atom. The predicted molar refractivity (Wildman–Crippen MR) is 87.9 cm³/mol. The molecule has 0 radical (unpaired) electrons. The van der Waals surface area contributed by atoms with Crippen LogP contribution in [-0.2, 0) is 4.79 Å². The number of carbonyl (C=O) groups excluding carboxylic acids is 1. The van der Waals surface area contributed by atoms with Gasteiger partial charge in [0.15, 0.2) is 0 Å². The standard InChI is InChI=1S/C16H22ClN3O/c1-11-5-3-6-13(9-11)19-20-16(21)10-18-15-8-4-7-14(17)12(15)2/h4,7-8,11,18H,3,5-6,9-10H2,1-2H3,(H,20,21)/b19-13-/t11-/m1/s1. The minimum absolute atomic E-state index is 0.139. The average molecular weight is 308 g/mol. The van der Waals surface area contributed by atoms with E-state index in [2.05, 4.69) is 22.8 Å². The van der Waals surface area contributed by atoms with Crippen molar-refractivity contribution in [1.29, 1.82) is 0 Å². The first kappa shape index (κ1) is 15.8. The van der Waals surface area contributed by atoms with Crippen LogP contribution in [0.5, 0.6) is 0 Å². The van der Waals surface area contributed by atoms with Gasteiger partial charge in [-0.3, -0.25) is 4.79 Å². The number of hydrogen-bond acceptors (Lipinski definition) is 3. The molecule has 0 heterocycles. The molecule has 2 rings (SSSR count). The van der Waals surface area contributed by atoms with Gasteiger partial charge in [0, 0.05) is 16.4 Å². The second-order valence-corrected chi connectivity index (χ2v) is 6.09. The fraction of sp³-hybridized carbons (Fsp3) is 0.500. The van der Waals surface area contributed by atoms with Gasteiger partial charge in [-0.1, -0.05) is 24.6 Å². The van der Waals surface area contributed by atoms with Crippen molar-refractivity contribution in [3.05, 3.63) is 28.8 Å². The molecule has 0 bridgehead atoms. The largest absolute Gasteiger partial charge is 0.376 e. The van der Waals surface area contributed by atoms with Crippen molar-refractivity contribution in [3.63, 3.8) is 0 Å². The number of hydrazone groups is 1. The zero-order valence-electron chi connectivity index (χ0n) is 12.6. The SMILES string of the molecule is Cc1c(Cl)cccc1NCC(=O)N/N=C1/CCC[C@@H](C)C1. The number of halogens is 1. The van der Waals surface area contributed by atoms with Crippen molar-refractivity contribution in [2.75, 3.05) is 11.9 Å². The van der Waals surface area contributed by atoms with E-state index in [-0.39, 0.29) is 12.5 Å². The molecule has 1 aliphatic carbocycles. The van der Waals surface area contributed by atoms with Gasteiger partial charge in [0.25, 0.3) is 5.91 Å². The third-order valence-corrected chi connectivity index (χ3v) is 4.20. The molecule has 21 heavy (non-hydrogen) atoms. The van der Waals surface area contributed by atoms with E-state index in [9.17, 15) is 4.79 Å². The van der Waals surface area contributed by atoms with E-state index in [4.69, 9.17) is 11.6 Å². The molecule has 1 atom stereocenters. The Bertz CT molecular complexity index is 542. The van der Waals surface area contributed by atoms with Crippen molar-refractivity contribution >= 4 is 28.9 Å². The molecular formula is C16H22ClN3O. The highest BCUT2D eigenvalue weighted by Crippen LogP contribution is 2.22. The topological polar surface area (TPSA) is 53.5 Å². The maximum Gasteiger partial charge on any atom is 0.259 e. The molecule has 0 aromatic heterocycles. The highest BCUT2D eigenvalue weighted by atomic mass is 35.5. The predicted octanol–water partition coefficient (Wildman–Crippen LogP) is 3.74. The monoisotopic (exact) mass is 307 g/mol. The van der Waals surface area contributed by atoms with Crippen LogP contribution in [0.15, 0.2) is 23.3 Å². The van der Waals surface area contributed by atoms with E-state index in [1.807, 2.05) is 25.1 Å². The van der Waals surface area contributed by atoms with Gasteiger partial charge in [0.05, 0.1) is 6.54 Å². The minimum Gasteiger partial charge on any atom is -0.376 e. The number of nitrogens with zero attached hydrogens (tertiary/aromatic N) is 1. The summed E-state index contributed by atoms with van der Waals surface area (Å²) in [5.41, 5.74) is 5.54. The molecule has 114 valence electrons. The maximum atomic E-state index is 11.8. The van der Waals surface area contributed by atoms with Crippen molar-refractivity contribution in [3.8, 4) is 0 Å². The van der Waals surface area contributed by atoms with E-state index in [1.165, 1.54) is 6.42 Å². The number of carbonyl (C=O) groups is 1. The van der Waals surface area contributed by atoms with E-state index in [0.717, 1.165) is 36.2 Å². The summed E-state index contributed by atoms with van der Waals surface area (Å²) in [6.45, 7) is 4.33. The average Bonchev–Trinajstić information content (AvgIpc) is 2.47. The number of rotatable bonds is 4. The van der Waals surface area contributed by atoms with Gasteiger partial charge in [-0.15, -0.1) is 0 Å². The second-order valence-electron chi connectivity index (χ2n) is 5.68. The summed E-state index contributed by atoms with van der Waals surface area (Å²) in [7, 11) is 0. The molecule has 0 unspecified atom stereocenters. The van der Waals surface area contributed by atoms with Crippen LogP contribution in [0.4, 0.5) is 5.69 Å². The number of benzene rings is 1. The van der Waals surface area contributed by atoms with Gasteiger partial charge in [-0.25, -0.2) is 5.43 Å². The smallest absolute Gasteiger partial charge is 0.259 e. The highest BCUT2D eigenvalue weighted by molar-refractivity contribution is 6.31. The van der Waals surface area contributed by atoms with Gasteiger partial charge in [-0.05, 0) is 56.2 Å². The zero-order valence-corrected chi connectivity index (χ0v) is 13.3. The van der Waals surface area contributed by atoms with E-state index in [0.29, 0.717) is 10.9 Å². The van der Waals surface area contributed by atoms with Crippen LogP contribution < -0.4 is 10.7 Å². The lowest BCUT2D eigenvalue weighted by Gasteiger charge is -2.19. The molecule has 0 aliphatic heterocycles. The van der Waals surface area contributed by atoms with Gasteiger partial charge >= 0.3 is 0 Å². The summed E-state index contributed by atoms with van der Waals surface area (Å²) in [6.07, 6.45) is 4.39. The third kappa shape index (κ3) is 4.74. The number of anilines is 1. The first-order valence-corrected chi connectivity index (χ1v) is 7.77. The molecule has 1 amide bonds. The summed E-state index contributed by atoms with van der Waals surface area (Å²) in [4.78, 5) is 11.8. The van der Waals surface area contributed by atoms with Crippen molar-refractivity contribution in [1.82, 2.24) is 5.43 Å². The molecule has 0 spiro atoms. The Morgan fingerprint density at radius 2 is 2.29 bits per heavy atom. The molecule has 5 heteroatoms. The Morgan fingerprint density at radius 1 is 1.48 bits per heavy atom. The normalized spacial score (nSPS) is 20.3. The maximum absolute atomic E-state index is 11.8. The Hall–Kier alpha value is -1.55. The lowest BCUT2D eigenvalue weighted by atomic mass is 9.89. The van der Waals surface area contributed by atoms with E-state index < -0.39 is 0 Å². The number of amides is 1. The summed E-state index contributed by atoms with van der Waals surface area (Å²) >= 11 is 6.04. The highest BCUT2D eigenvalue weighted by Gasteiger charge is 2.14.